The Morgan fingerprint density at radius 1 is 1.20 bits per heavy atom. The van der Waals surface area contributed by atoms with E-state index in [2.05, 4.69) is 0 Å². The van der Waals surface area contributed by atoms with Gasteiger partial charge in [0.2, 0.25) is 0 Å². The highest BCUT2D eigenvalue weighted by molar-refractivity contribution is 6.33. The van der Waals surface area contributed by atoms with Crippen LogP contribution < -0.4 is 15.3 Å². The van der Waals surface area contributed by atoms with Crippen LogP contribution in [0.3, 0.4) is 0 Å². The van der Waals surface area contributed by atoms with Crippen molar-refractivity contribution >= 4 is 34.2 Å². The third-order valence-corrected chi connectivity index (χ3v) is 5.40. The molecule has 0 bridgehead atoms. The standard InChI is InChI=1S/C23H22ClNO5/c1-3-9-28-23(27)15-5-7-16(8-6-15)25-12-18-21-17(11-19(24)22(18)29-13-25)14(4-2)10-20(26)30-21/h5-8,10-11H,3-4,9,12-13H2,1-2H3. The smallest absolute Gasteiger partial charge is 0.338 e. The van der Waals surface area contributed by atoms with Crippen molar-refractivity contribution in [1.29, 1.82) is 0 Å². The quantitative estimate of drug-likeness (QED) is 0.424. The maximum Gasteiger partial charge on any atom is 0.338 e. The molecule has 0 N–H and O–H groups in total. The number of hydrogen-bond acceptors (Lipinski definition) is 6. The van der Waals surface area contributed by atoms with Crippen LogP contribution in [0.2, 0.25) is 5.02 Å². The summed E-state index contributed by atoms with van der Waals surface area (Å²) < 4.78 is 16.6. The lowest BCUT2D eigenvalue weighted by Gasteiger charge is -2.31. The summed E-state index contributed by atoms with van der Waals surface area (Å²) >= 11 is 6.47. The van der Waals surface area contributed by atoms with Crippen LogP contribution in [0, 0.1) is 0 Å². The molecule has 0 radical (unpaired) electrons. The molecule has 2 aromatic carbocycles. The maximum absolute atomic E-state index is 12.1. The summed E-state index contributed by atoms with van der Waals surface area (Å²) in [6.07, 6.45) is 1.47. The first-order valence-corrected chi connectivity index (χ1v) is 10.3. The number of halogens is 1. The number of rotatable bonds is 5. The van der Waals surface area contributed by atoms with Gasteiger partial charge in [0.15, 0.2) is 6.73 Å². The fourth-order valence-electron chi connectivity index (χ4n) is 3.60. The van der Waals surface area contributed by atoms with Gasteiger partial charge in [0.25, 0.3) is 0 Å². The van der Waals surface area contributed by atoms with E-state index >= 15 is 0 Å². The predicted octanol–water partition coefficient (Wildman–Crippen LogP) is 4.93. The summed E-state index contributed by atoms with van der Waals surface area (Å²) in [6, 6.07) is 10.4. The lowest BCUT2D eigenvalue weighted by atomic mass is 10.0. The van der Waals surface area contributed by atoms with Crippen molar-refractivity contribution in [1.82, 2.24) is 0 Å². The normalized spacial score (nSPS) is 13.1. The minimum absolute atomic E-state index is 0.287. The lowest BCUT2D eigenvalue weighted by Crippen LogP contribution is -2.32. The second-order valence-electron chi connectivity index (χ2n) is 7.14. The number of carbonyl (C=O) groups is 1. The molecule has 0 fully saturated rings. The number of esters is 1. The molecule has 6 nitrogen and oxygen atoms in total. The Kier molecular flexibility index (Phi) is 5.68. The molecule has 2 heterocycles. The molecule has 1 aliphatic rings. The van der Waals surface area contributed by atoms with Crippen molar-refractivity contribution in [3.63, 3.8) is 0 Å². The highest BCUT2D eigenvalue weighted by Crippen LogP contribution is 2.40. The summed E-state index contributed by atoms with van der Waals surface area (Å²) in [5, 5.41) is 1.31. The second-order valence-corrected chi connectivity index (χ2v) is 7.55. The Balaban J connectivity index is 1.68. The van der Waals surface area contributed by atoms with Gasteiger partial charge in [0, 0.05) is 17.1 Å². The molecule has 0 aliphatic carbocycles. The molecule has 4 rings (SSSR count). The molecule has 0 saturated heterocycles. The summed E-state index contributed by atoms with van der Waals surface area (Å²) in [7, 11) is 0. The van der Waals surface area contributed by atoms with Gasteiger partial charge in [-0.1, -0.05) is 25.4 Å². The summed E-state index contributed by atoms with van der Waals surface area (Å²) in [5.41, 5.74) is 3.10. The van der Waals surface area contributed by atoms with Gasteiger partial charge in [-0.25, -0.2) is 9.59 Å². The fourth-order valence-corrected chi connectivity index (χ4v) is 3.87. The maximum atomic E-state index is 12.1. The molecule has 0 amide bonds. The number of ether oxygens (including phenoxy) is 2. The first-order chi connectivity index (χ1) is 14.5. The minimum atomic E-state index is -0.393. The molecular formula is C23H22ClNO5. The van der Waals surface area contributed by atoms with Crippen LogP contribution in [0.4, 0.5) is 5.69 Å². The number of anilines is 1. The number of benzene rings is 2. The van der Waals surface area contributed by atoms with Crippen molar-refractivity contribution in [2.75, 3.05) is 18.2 Å². The summed E-state index contributed by atoms with van der Waals surface area (Å²) in [6.45, 7) is 5.08. The van der Waals surface area contributed by atoms with Gasteiger partial charge < -0.3 is 18.8 Å². The van der Waals surface area contributed by atoms with E-state index in [1.165, 1.54) is 6.07 Å². The van der Waals surface area contributed by atoms with Crippen LogP contribution in [-0.2, 0) is 17.7 Å². The third kappa shape index (κ3) is 3.75. The van der Waals surface area contributed by atoms with Gasteiger partial charge in [-0.05, 0) is 48.7 Å². The van der Waals surface area contributed by atoms with Crippen molar-refractivity contribution in [2.24, 2.45) is 0 Å². The van der Waals surface area contributed by atoms with Gasteiger partial charge in [-0.2, -0.15) is 0 Å². The Morgan fingerprint density at radius 2 is 1.97 bits per heavy atom. The molecular weight excluding hydrogens is 406 g/mol. The third-order valence-electron chi connectivity index (χ3n) is 5.12. The van der Waals surface area contributed by atoms with Crippen LogP contribution in [0.25, 0.3) is 11.0 Å². The van der Waals surface area contributed by atoms with Gasteiger partial charge in [-0.15, -0.1) is 0 Å². The van der Waals surface area contributed by atoms with Gasteiger partial charge in [-0.3, -0.25) is 0 Å². The van der Waals surface area contributed by atoms with Crippen LogP contribution >= 0.6 is 11.6 Å². The number of aryl methyl sites for hydroxylation is 1. The zero-order chi connectivity index (χ0) is 21.3. The molecule has 0 spiro atoms. The molecule has 1 aromatic heterocycles. The van der Waals surface area contributed by atoms with Crippen molar-refractivity contribution < 1.29 is 18.7 Å². The van der Waals surface area contributed by atoms with Crippen molar-refractivity contribution in [2.45, 2.75) is 33.2 Å². The predicted molar refractivity (Wildman–Crippen MR) is 116 cm³/mol. The van der Waals surface area contributed by atoms with E-state index in [4.69, 9.17) is 25.5 Å². The number of fused-ring (bicyclic) bond motifs is 3. The van der Waals surface area contributed by atoms with Crippen LogP contribution in [0.5, 0.6) is 5.75 Å². The van der Waals surface area contributed by atoms with Crippen LogP contribution in [0.15, 0.2) is 45.6 Å². The minimum Gasteiger partial charge on any atom is -0.471 e. The Labute approximate surface area is 179 Å². The summed E-state index contributed by atoms with van der Waals surface area (Å²) in [5.74, 6) is 0.201. The van der Waals surface area contributed by atoms with Crippen molar-refractivity contribution in [3.05, 3.63) is 68.5 Å². The number of nitrogens with zero attached hydrogens (tertiary/aromatic N) is 1. The Bertz CT molecular complexity index is 1150. The topological polar surface area (TPSA) is 69.0 Å². The van der Waals surface area contributed by atoms with Gasteiger partial charge in [0.1, 0.15) is 11.3 Å². The van der Waals surface area contributed by atoms with E-state index in [1.807, 2.05) is 30.9 Å². The monoisotopic (exact) mass is 427 g/mol. The molecule has 7 heteroatoms. The largest absolute Gasteiger partial charge is 0.471 e. The lowest BCUT2D eigenvalue weighted by molar-refractivity contribution is 0.0505. The molecule has 3 aromatic rings. The molecule has 0 saturated carbocycles. The van der Waals surface area contributed by atoms with Crippen LogP contribution in [0.1, 0.15) is 41.8 Å². The first-order valence-electron chi connectivity index (χ1n) is 9.94. The highest BCUT2D eigenvalue weighted by atomic mass is 35.5. The van der Waals surface area contributed by atoms with E-state index in [1.54, 1.807) is 18.2 Å². The Hall–Kier alpha value is -2.99. The number of hydrogen-bond donors (Lipinski definition) is 0. The van der Waals surface area contributed by atoms with E-state index in [0.717, 1.165) is 28.6 Å². The number of carbonyl (C=O) groups excluding carboxylic acids is 1. The Morgan fingerprint density at radius 3 is 2.67 bits per heavy atom. The highest BCUT2D eigenvalue weighted by Gasteiger charge is 2.25. The van der Waals surface area contributed by atoms with E-state index < -0.39 is 5.63 Å². The second kappa shape index (κ2) is 8.40. The first kappa shape index (κ1) is 20.3. The van der Waals surface area contributed by atoms with Gasteiger partial charge >= 0.3 is 11.6 Å². The zero-order valence-corrected chi connectivity index (χ0v) is 17.6. The average Bonchev–Trinajstić information content (AvgIpc) is 2.77. The summed E-state index contributed by atoms with van der Waals surface area (Å²) in [4.78, 5) is 26.1. The molecule has 30 heavy (non-hydrogen) atoms. The van der Waals surface area contributed by atoms with E-state index in [0.29, 0.717) is 41.5 Å². The molecule has 0 atom stereocenters. The van der Waals surface area contributed by atoms with Crippen LogP contribution in [-0.4, -0.2) is 19.3 Å². The van der Waals surface area contributed by atoms with Crippen molar-refractivity contribution in [3.8, 4) is 5.75 Å². The molecule has 0 unspecified atom stereocenters. The fraction of sp³-hybridized carbons (Fsp3) is 0.304. The average molecular weight is 428 g/mol. The molecule has 156 valence electrons. The van der Waals surface area contributed by atoms with Gasteiger partial charge in [0.05, 0.1) is 29.3 Å². The van der Waals surface area contributed by atoms with E-state index in [9.17, 15) is 9.59 Å². The van der Waals surface area contributed by atoms with E-state index in [-0.39, 0.29) is 12.7 Å². The zero-order valence-electron chi connectivity index (χ0n) is 16.9. The SMILES string of the molecule is CCCOC(=O)c1ccc(N2COc3c(Cl)cc4c(CC)cc(=O)oc4c3C2)cc1. The molecule has 1 aliphatic heterocycles.